The first-order chi connectivity index (χ1) is 7.85. The summed E-state index contributed by atoms with van der Waals surface area (Å²) >= 11 is 0. The summed E-state index contributed by atoms with van der Waals surface area (Å²) in [4.78, 5) is 24.7. The molecule has 0 atom stereocenters. The molecule has 5 nitrogen and oxygen atoms in total. The summed E-state index contributed by atoms with van der Waals surface area (Å²) < 4.78 is 9.48. The van der Waals surface area contributed by atoms with E-state index in [1.54, 1.807) is 18.3 Å². The van der Waals surface area contributed by atoms with Crippen LogP contribution in [0.4, 0.5) is 0 Å². The van der Waals surface area contributed by atoms with Crippen LogP contribution in [-0.4, -0.2) is 25.7 Å². The molecule has 0 saturated heterocycles. The van der Waals surface area contributed by atoms with Crippen LogP contribution in [0.15, 0.2) is 17.1 Å². The third-order valence-electron chi connectivity index (χ3n) is 2.30. The SMILES string of the molecule is O=COc1cc2c(cc1OC=O)CCN=C2. The summed E-state index contributed by atoms with van der Waals surface area (Å²) in [5.74, 6) is 0.463. The molecule has 0 radical (unpaired) electrons. The van der Waals surface area contributed by atoms with Crippen LogP contribution in [0.5, 0.6) is 11.5 Å². The van der Waals surface area contributed by atoms with Gasteiger partial charge in [0.15, 0.2) is 11.5 Å². The molecule has 2 rings (SSSR count). The minimum absolute atomic E-state index is 0.217. The van der Waals surface area contributed by atoms with E-state index in [9.17, 15) is 9.59 Å². The number of nitrogens with zero attached hydrogens (tertiary/aromatic N) is 1. The molecule has 0 fully saturated rings. The van der Waals surface area contributed by atoms with Gasteiger partial charge in [-0.3, -0.25) is 14.6 Å². The fourth-order valence-electron chi connectivity index (χ4n) is 1.59. The molecule has 0 aromatic heterocycles. The van der Waals surface area contributed by atoms with Crippen LogP contribution in [0, 0.1) is 0 Å². The quantitative estimate of drug-likeness (QED) is 0.700. The van der Waals surface area contributed by atoms with Crippen molar-refractivity contribution in [3.63, 3.8) is 0 Å². The van der Waals surface area contributed by atoms with E-state index in [0.29, 0.717) is 19.5 Å². The van der Waals surface area contributed by atoms with E-state index in [2.05, 4.69) is 4.99 Å². The van der Waals surface area contributed by atoms with E-state index >= 15 is 0 Å². The Hall–Kier alpha value is -2.17. The van der Waals surface area contributed by atoms with Gasteiger partial charge in [0.2, 0.25) is 0 Å². The minimum atomic E-state index is 0.217. The maximum Gasteiger partial charge on any atom is 0.298 e. The van der Waals surface area contributed by atoms with Crippen LogP contribution in [0.2, 0.25) is 0 Å². The molecule has 5 heteroatoms. The van der Waals surface area contributed by atoms with Gasteiger partial charge in [-0.1, -0.05) is 0 Å². The molecule has 0 spiro atoms. The summed E-state index contributed by atoms with van der Waals surface area (Å²) in [5, 5.41) is 0. The van der Waals surface area contributed by atoms with Crippen molar-refractivity contribution in [1.82, 2.24) is 0 Å². The second-order valence-corrected chi connectivity index (χ2v) is 3.21. The number of hydrogen-bond acceptors (Lipinski definition) is 5. The molecule has 1 aromatic carbocycles. The predicted molar refractivity (Wildman–Crippen MR) is 56.0 cm³/mol. The van der Waals surface area contributed by atoms with Crippen molar-refractivity contribution in [1.29, 1.82) is 0 Å². The van der Waals surface area contributed by atoms with Gasteiger partial charge in [-0.25, -0.2) is 0 Å². The first-order valence-corrected chi connectivity index (χ1v) is 4.72. The third-order valence-corrected chi connectivity index (χ3v) is 2.30. The maximum absolute atomic E-state index is 10.3. The summed E-state index contributed by atoms with van der Waals surface area (Å²) in [7, 11) is 0. The number of hydrogen-bond donors (Lipinski definition) is 0. The molecule has 1 aliphatic heterocycles. The Morgan fingerprint density at radius 2 is 1.81 bits per heavy atom. The van der Waals surface area contributed by atoms with E-state index in [1.807, 2.05) is 0 Å². The highest BCUT2D eigenvalue weighted by atomic mass is 16.6. The Bertz CT molecular complexity index is 454. The van der Waals surface area contributed by atoms with E-state index in [1.165, 1.54) is 0 Å². The molecule has 0 amide bonds. The Morgan fingerprint density at radius 3 is 2.50 bits per heavy atom. The maximum atomic E-state index is 10.3. The zero-order chi connectivity index (χ0) is 11.4. The standard InChI is InChI=1S/C11H9NO4/c13-6-15-10-3-8-1-2-12-5-9(8)4-11(10)16-7-14/h3-7H,1-2H2. The number of carbonyl (C=O) groups is 2. The van der Waals surface area contributed by atoms with Crippen molar-refractivity contribution in [2.24, 2.45) is 4.99 Å². The van der Waals surface area contributed by atoms with Crippen molar-refractivity contribution in [3.05, 3.63) is 23.3 Å². The lowest BCUT2D eigenvalue weighted by Crippen LogP contribution is -2.05. The van der Waals surface area contributed by atoms with Gasteiger partial charge >= 0.3 is 0 Å². The zero-order valence-electron chi connectivity index (χ0n) is 8.38. The van der Waals surface area contributed by atoms with Gasteiger partial charge in [0.05, 0.1) is 0 Å². The zero-order valence-corrected chi connectivity index (χ0v) is 8.38. The number of rotatable bonds is 4. The summed E-state index contributed by atoms with van der Waals surface area (Å²) in [5.41, 5.74) is 1.89. The molecular weight excluding hydrogens is 210 g/mol. The highest BCUT2D eigenvalue weighted by molar-refractivity contribution is 5.84. The Morgan fingerprint density at radius 1 is 1.12 bits per heavy atom. The van der Waals surface area contributed by atoms with E-state index < -0.39 is 0 Å². The second kappa shape index (κ2) is 4.57. The Kier molecular flexibility index (Phi) is 2.95. The largest absolute Gasteiger partial charge is 0.425 e. The smallest absolute Gasteiger partial charge is 0.298 e. The molecular formula is C11H9NO4. The summed E-state index contributed by atoms with van der Waals surface area (Å²) in [6, 6.07) is 3.32. The molecule has 16 heavy (non-hydrogen) atoms. The van der Waals surface area contributed by atoms with E-state index in [-0.39, 0.29) is 11.5 Å². The van der Waals surface area contributed by atoms with Gasteiger partial charge in [0, 0.05) is 12.8 Å². The lowest BCUT2D eigenvalue weighted by Gasteiger charge is -2.13. The lowest BCUT2D eigenvalue weighted by atomic mass is 10.0. The highest BCUT2D eigenvalue weighted by Gasteiger charge is 2.13. The molecule has 0 saturated carbocycles. The van der Waals surface area contributed by atoms with Crippen LogP contribution in [-0.2, 0) is 16.0 Å². The van der Waals surface area contributed by atoms with E-state index in [0.717, 1.165) is 17.5 Å². The molecule has 1 aliphatic rings. The van der Waals surface area contributed by atoms with Crippen molar-refractivity contribution < 1.29 is 19.1 Å². The fraction of sp³-hybridized carbons (Fsp3) is 0.182. The fourth-order valence-corrected chi connectivity index (χ4v) is 1.59. The average Bonchev–Trinajstić information content (AvgIpc) is 2.30. The number of carbonyl (C=O) groups excluding carboxylic acids is 2. The second-order valence-electron chi connectivity index (χ2n) is 3.21. The molecule has 1 aromatic rings. The molecule has 0 bridgehead atoms. The van der Waals surface area contributed by atoms with Crippen LogP contribution in [0.25, 0.3) is 0 Å². The molecule has 0 N–H and O–H groups in total. The Labute approximate surface area is 91.7 Å². The Balaban J connectivity index is 2.46. The van der Waals surface area contributed by atoms with Crippen molar-refractivity contribution >= 4 is 19.2 Å². The van der Waals surface area contributed by atoms with Gasteiger partial charge in [-0.2, -0.15) is 0 Å². The lowest BCUT2D eigenvalue weighted by molar-refractivity contribution is -0.123. The average molecular weight is 219 g/mol. The summed E-state index contributed by atoms with van der Waals surface area (Å²) in [6.45, 7) is 1.30. The van der Waals surface area contributed by atoms with Gasteiger partial charge < -0.3 is 9.47 Å². The minimum Gasteiger partial charge on any atom is -0.425 e. The molecule has 82 valence electrons. The number of benzene rings is 1. The van der Waals surface area contributed by atoms with Gasteiger partial charge in [0.1, 0.15) is 0 Å². The van der Waals surface area contributed by atoms with Crippen LogP contribution in [0.1, 0.15) is 11.1 Å². The third kappa shape index (κ3) is 1.93. The van der Waals surface area contributed by atoms with Crippen LogP contribution in [0.3, 0.4) is 0 Å². The number of aliphatic imine (C=N–C) groups is 1. The van der Waals surface area contributed by atoms with Gasteiger partial charge in [-0.15, -0.1) is 0 Å². The number of ether oxygens (including phenoxy) is 2. The van der Waals surface area contributed by atoms with Crippen LogP contribution < -0.4 is 9.47 Å². The first kappa shape index (κ1) is 10.4. The first-order valence-electron chi connectivity index (χ1n) is 4.72. The van der Waals surface area contributed by atoms with Crippen molar-refractivity contribution in [2.45, 2.75) is 6.42 Å². The van der Waals surface area contributed by atoms with Crippen molar-refractivity contribution in [2.75, 3.05) is 6.54 Å². The van der Waals surface area contributed by atoms with E-state index in [4.69, 9.17) is 9.47 Å². The monoisotopic (exact) mass is 219 g/mol. The topological polar surface area (TPSA) is 65.0 Å². The predicted octanol–water partition coefficient (Wildman–Crippen LogP) is 0.732. The van der Waals surface area contributed by atoms with Crippen LogP contribution >= 0.6 is 0 Å². The molecule has 1 heterocycles. The van der Waals surface area contributed by atoms with Crippen molar-refractivity contribution in [3.8, 4) is 11.5 Å². The highest BCUT2D eigenvalue weighted by Crippen LogP contribution is 2.31. The normalized spacial score (nSPS) is 12.8. The number of fused-ring (bicyclic) bond motifs is 1. The summed E-state index contributed by atoms with van der Waals surface area (Å²) in [6.07, 6.45) is 2.49. The van der Waals surface area contributed by atoms with Gasteiger partial charge in [-0.05, 0) is 29.7 Å². The molecule has 0 unspecified atom stereocenters. The molecule has 0 aliphatic carbocycles. The van der Waals surface area contributed by atoms with Gasteiger partial charge in [0.25, 0.3) is 12.9 Å².